The second-order valence-corrected chi connectivity index (χ2v) is 11.3. The van der Waals surface area contributed by atoms with Gasteiger partial charge in [-0.3, -0.25) is 0 Å². The van der Waals surface area contributed by atoms with Gasteiger partial charge in [-0.05, 0) is 47.0 Å². The topological polar surface area (TPSA) is 57.0 Å². The average Bonchev–Trinajstić information content (AvgIpc) is 3.81. The largest absolute Gasteiger partial charge is 0.488 e. The number of rotatable bonds is 11. The van der Waals surface area contributed by atoms with Crippen molar-refractivity contribution in [2.45, 2.75) is 39.9 Å². The van der Waals surface area contributed by atoms with Crippen molar-refractivity contribution in [3.8, 4) is 22.8 Å². The summed E-state index contributed by atoms with van der Waals surface area (Å²) in [6.45, 7) is 8.59. The van der Waals surface area contributed by atoms with Gasteiger partial charge in [0.2, 0.25) is 0 Å². The smallest absolute Gasteiger partial charge is 0.168 e. The van der Waals surface area contributed by atoms with Gasteiger partial charge in [0.1, 0.15) is 30.4 Å². The van der Waals surface area contributed by atoms with Crippen molar-refractivity contribution in [2.75, 3.05) is 13.1 Å². The number of hydrogen-bond donors (Lipinski definition) is 0. The Bertz CT molecular complexity index is 1640. The van der Waals surface area contributed by atoms with Crippen LogP contribution in [0, 0.1) is 0 Å². The molecule has 6 nitrogen and oxygen atoms in total. The van der Waals surface area contributed by atoms with Crippen molar-refractivity contribution in [3.63, 3.8) is 0 Å². The van der Waals surface area contributed by atoms with E-state index in [4.69, 9.17) is 18.8 Å². The third-order valence-corrected chi connectivity index (χ3v) is 7.94. The van der Waals surface area contributed by atoms with Crippen LogP contribution in [0.3, 0.4) is 0 Å². The molecule has 0 radical (unpaired) electrons. The van der Waals surface area contributed by atoms with Crippen molar-refractivity contribution in [2.24, 2.45) is 0 Å². The van der Waals surface area contributed by atoms with E-state index in [0.29, 0.717) is 43.6 Å². The van der Waals surface area contributed by atoms with E-state index < -0.39 is 0 Å². The summed E-state index contributed by atoms with van der Waals surface area (Å²) in [5, 5.41) is 10.4. The van der Waals surface area contributed by atoms with E-state index in [1.807, 2.05) is 65.0 Å². The van der Waals surface area contributed by atoms with Crippen LogP contribution in [0.25, 0.3) is 22.6 Å². The summed E-state index contributed by atoms with van der Waals surface area (Å²) in [6, 6.07) is 28.6. The minimum Gasteiger partial charge on any atom is -0.488 e. The molecule has 5 aromatic rings. The van der Waals surface area contributed by atoms with E-state index in [0.717, 1.165) is 44.8 Å². The highest BCUT2D eigenvalue weighted by molar-refractivity contribution is 7.08. The minimum atomic E-state index is 0.209. The Balaban J connectivity index is 1.43. The van der Waals surface area contributed by atoms with Crippen molar-refractivity contribution in [1.82, 2.24) is 10.2 Å². The first-order valence-electron chi connectivity index (χ1n) is 14.3. The quantitative estimate of drug-likeness (QED) is 0.156. The van der Waals surface area contributed by atoms with E-state index in [-0.39, 0.29) is 5.92 Å². The summed E-state index contributed by atoms with van der Waals surface area (Å²) in [5.74, 6) is 3.10. The lowest BCUT2D eigenvalue weighted by Crippen LogP contribution is -2.18. The molecule has 0 fully saturated rings. The Hall–Kier alpha value is -4.33. The fraction of sp³-hybridized carbons (Fsp3) is 0.229. The summed E-state index contributed by atoms with van der Waals surface area (Å²) in [5.41, 5.74) is 6.91. The first-order valence-corrected chi connectivity index (χ1v) is 15.2. The molecule has 0 N–H and O–H groups in total. The van der Waals surface area contributed by atoms with E-state index in [2.05, 4.69) is 61.6 Å². The number of thiophene rings is 1. The number of hydrogen-bond acceptors (Lipinski definition) is 7. The van der Waals surface area contributed by atoms with Crippen molar-refractivity contribution in [3.05, 3.63) is 124 Å². The van der Waals surface area contributed by atoms with Crippen LogP contribution in [0.15, 0.2) is 100 Å². The zero-order valence-electron chi connectivity index (χ0n) is 24.1. The summed E-state index contributed by atoms with van der Waals surface area (Å²) in [6.07, 6.45) is 0. The fourth-order valence-electron chi connectivity index (χ4n) is 4.93. The number of nitrogens with zero attached hydrogens (tertiary/aromatic N) is 2. The molecule has 7 heteroatoms. The summed E-state index contributed by atoms with van der Waals surface area (Å²) < 4.78 is 18.8. The molecule has 42 heavy (non-hydrogen) atoms. The molecule has 0 unspecified atom stereocenters. The summed E-state index contributed by atoms with van der Waals surface area (Å²) in [7, 11) is 0. The van der Waals surface area contributed by atoms with Crippen LogP contribution in [0.1, 0.15) is 54.7 Å². The van der Waals surface area contributed by atoms with Crippen LogP contribution in [0.2, 0.25) is 0 Å². The van der Waals surface area contributed by atoms with Gasteiger partial charge >= 0.3 is 0 Å². The Morgan fingerprint density at radius 2 is 1.57 bits per heavy atom. The van der Waals surface area contributed by atoms with Gasteiger partial charge in [0, 0.05) is 29.6 Å². The molecular weight excluding hydrogens is 544 g/mol. The maximum atomic E-state index is 6.52. The number of likely N-dealkylation sites (N-methyl/N-ethyl adjacent to an activating group) is 1. The molecule has 0 aliphatic carbocycles. The molecule has 0 spiro atoms. The molecule has 0 atom stereocenters. The highest BCUT2D eigenvalue weighted by atomic mass is 32.1. The molecular formula is C35H34N2O4S. The molecule has 1 aliphatic rings. The normalized spacial score (nSPS) is 13.5. The molecule has 1 aliphatic heterocycles. The van der Waals surface area contributed by atoms with Crippen LogP contribution in [-0.4, -0.2) is 23.3 Å². The van der Waals surface area contributed by atoms with E-state index in [1.54, 1.807) is 11.3 Å². The fourth-order valence-corrected chi connectivity index (χ4v) is 5.58. The first-order chi connectivity index (χ1) is 20.6. The van der Waals surface area contributed by atoms with Crippen LogP contribution < -0.4 is 9.47 Å². The van der Waals surface area contributed by atoms with Gasteiger partial charge in [-0.1, -0.05) is 79.7 Å². The van der Waals surface area contributed by atoms with Gasteiger partial charge in [-0.2, -0.15) is 11.3 Å². The van der Waals surface area contributed by atoms with E-state index in [1.165, 1.54) is 0 Å². The lowest BCUT2D eigenvalue weighted by molar-refractivity contribution is -0.0557. The first kappa shape index (κ1) is 27.8. The molecule has 3 heterocycles. The van der Waals surface area contributed by atoms with Crippen LogP contribution in [-0.2, 0) is 18.1 Å². The van der Waals surface area contributed by atoms with Crippen molar-refractivity contribution < 1.29 is 18.8 Å². The Labute approximate surface area is 250 Å². The van der Waals surface area contributed by atoms with Crippen molar-refractivity contribution >= 4 is 22.7 Å². The monoisotopic (exact) mass is 578 g/mol. The molecule has 214 valence electrons. The molecule has 0 bridgehead atoms. The second kappa shape index (κ2) is 12.7. The second-order valence-electron chi connectivity index (χ2n) is 10.5. The summed E-state index contributed by atoms with van der Waals surface area (Å²) in [4.78, 5) is 6.47. The van der Waals surface area contributed by atoms with Gasteiger partial charge in [0.05, 0.1) is 17.7 Å². The molecule has 2 aromatic heterocycles. The number of benzene rings is 3. The molecule has 0 amide bonds. The Morgan fingerprint density at radius 1 is 0.881 bits per heavy atom. The zero-order valence-corrected chi connectivity index (χ0v) is 24.9. The molecule has 0 saturated heterocycles. The SMILES string of the molecule is CCN1CC(c2cc(-c3ccsc3)no2)=C(c2cc(C(C)C)c(OCc3ccccc3)cc2OCc2ccccc2)O1. The number of aromatic nitrogens is 1. The molecule has 3 aromatic carbocycles. The van der Waals surface area contributed by atoms with E-state index in [9.17, 15) is 0 Å². The van der Waals surface area contributed by atoms with Crippen LogP contribution in [0.5, 0.6) is 11.5 Å². The maximum absolute atomic E-state index is 6.52. The lowest BCUT2D eigenvalue weighted by atomic mass is 9.96. The van der Waals surface area contributed by atoms with Crippen LogP contribution >= 0.6 is 11.3 Å². The maximum Gasteiger partial charge on any atom is 0.168 e. The predicted octanol–water partition coefficient (Wildman–Crippen LogP) is 8.82. The molecule has 6 rings (SSSR count). The standard InChI is InChI=1S/C35H34N2O4S/c1-4-37-20-30(34-18-31(36-40-34)27-15-16-42-23-27)35(41-37)29-17-28(24(2)3)32(38-21-25-11-7-5-8-12-25)19-33(29)39-22-26-13-9-6-10-14-26/h5-19,23-24H,4,20-22H2,1-3H3. The minimum absolute atomic E-state index is 0.209. The van der Waals surface area contributed by atoms with Crippen molar-refractivity contribution in [1.29, 1.82) is 0 Å². The van der Waals surface area contributed by atoms with Gasteiger partial charge in [-0.25, -0.2) is 0 Å². The van der Waals surface area contributed by atoms with Gasteiger partial charge in [0.15, 0.2) is 11.5 Å². The number of hydroxylamine groups is 2. The van der Waals surface area contributed by atoms with Crippen LogP contribution in [0.4, 0.5) is 0 Å². The lowest BCUT2D eigenvalue weighted by Gasteiger charge is -2.21. The third kappa shape index (κ3) is 6.12. The predicted molar refractivity (Wildman–Crippen MR) is 167 cm³/mol. The van der Waals surface area contributed by atoms with Gasteiger partial charge in [0.25, 0.3) is 0 Å². The third-order valence-electron chi connectivity index (χ3n) is 7.26. The zero-order chi connectivity index (χ0) is 28.9. The molecule has 0 saturated carbocycles. The average molecular weight is 579 g/mol. The van der Waals surface area contributed by atoms with Gasteiger partial charge in [-0.15, -0.1) is 5.06 Å². The highest BCUT2D eigenvalue weighted by Crippen LogP contribution is 2.43. The number of ether oxygens (including phenoxy) is 2. The summed E-state index contributed by atoms with van der Waals surface area (Å²) >= 11 is 1.64. The highest BCUT2D eigenvalue weighted by Gasteiger charge is 2.31. The Kier molecular flexibility index (Phi) is 8.40. The van der Waals surface area contributed by atoms with Gasteiger partial charge < -0.3 is 18.8 Å². The Morgan fingerprint density at radius 3 is 2.19 bits per heavy atom. The van der Waals surface area contributed by atoms with E-state index >= 15 is 0 Å².